The molecule has 2 aliphatic heterocycles. The molecule has 13 aromatic carbocycles. The molecule has 0 unspecified atom stereocenters. The van der Waals surface area contributed by atoms with Gasteiger partial charge in [0.25, 0.3) is 6.71 Å². The quantitative estimate of drug-likeness (QED) is 0.148. The highest BCUT2D eigenvalue weighted by Crippen LogP contribution is 2.51. The topological polar surface area (TPSA) is 21.3 Å². The van der Waals surface area contributed by atoms with Crippen LogP contribution in [0.2, 0.25) is 0 Å². The number of benzene rings is 13. The van der Waals surface area contributed by atoms with Gasteiger partial charge in [-0.1, -0.05) is 300 Å². The van der Waals surface area contributed by atoms with E-state index in [1.165, 1.54) is 138 Å². The monoisotopic (exact) mass is 1520 g/mol. The second kappa shape index (κ2) is 26.2. The zero-order valence-electron chi connectivity index (χ0n) is 73.1. The summed E-state index contributed by atoms with van der Waals surface area (Å²) in [7, 11) is 0. The summed E-state index contributed by atoms with van der Waals surface area (Å²) < 4.78 is 7.76. The Kier molecular flexibility index (Phi) is 17.2. The minimum absolute atomic E-state index is 0.0491. The van der Waals surface area contributed by atoms with Gasteiger partial charge in [0.05, 0.1) is 38.8 Å². The molecule has 0 spiro atoms. The first-order valence-corrected chi connectivity index (χ1v) is 42.3. The van der Waals surface area contributed by atoms with Crippen LogP contribution in [0.25, 0.3) is 105 Å². The molecule has 0 saturated carbocycles. The Balaban J connectivity index is 0.979. The summed E-state index contributed by atoms with van der Waals surface area (Å²) >= 11 is 0. The van der Waals surface area contributed by atoms with Gasteiger partial charge in [0.1, 0.15) is 0 Å². The van der Waals surface area contributed by atoms with Crippen molar-refractivity contribution in [2.24, 2.45) is 0 Å². The zero-order valence-corrected chi connectivity index (χ0v) is 73.1. The van der Waals surface area contributed by atoms with E-state index < -0.39 is 0 Å². The Morgan fingerprint density at radius 3 is 0.767 bits per heavy atom. The van der Waals surface area contributed by atoms with E-state index in [9.17, 15) is 0 Å². The first-order chi connectivity index (χ1) is 54.5. The molecule has 0 atom stereocenters. The maximum absolute atomic E-state index is 2.65. The Morgan fingerprint density at radius 2 is 0.474 bits per heavy atom. The summed E-state index contributed by atoms with van der Waals surface area (Å²) in [5.74, 6) is 0. The van der Waals surface area contributed by atoms with Gasteiger partial charge in [0, 0.05) is 77.8 Å². The van der Waals surface area contributed by atoms with Crippen molar-refractivity contribution in [3.05, 3.63) is 299 Å². The number of hydrogen-bond donors (Lipinski definition) is 0. The van der Waals surface area contributed by atoms with Gasteiger partial charge in [0.2, 0.25) is 0 Å². The average Bonchev–Trinajstić information content (AvgIpc) is 0.933. The number of fused-ring (bicyclic) bond motifs is 13. The summed E-state index contributed by atoms with van der Waals surface area (Å²) in [5.41, 5.74) is 35.8. The zero-order chi connectivity index (χ0) is 81.9. The van der Waals surface area contributed by atoms with Crippen molar-refractivity contribution in [1.29, 1.82) is 0 Å². The highest BCUT2D eigenvalue weighted by atomic mass is 15.2. The van der Waals surface area contributed by atoms with Crippen LogP contribution in [0, 0.1) is 0 Å². The van der Waals surface area contributed by atoms with Gasteiger partial charge < -0.3 is 23.5 Å². The van der Waals surface area contributed by atoms with Gasteiger partial charge in [-0.2, -0.15) is 0 Å². The number of rotatable bonds is 7. The van der Waals surface area contributed by atoms with Crippen molar-refractivity contribution in [2.75, 3.05) is 9.80 Å². The third kappa shape index (κ3) is 12.8. The third-order valence-corrected chi connectivity index (χ3v) is 25.6. The highest BCUT2D eigenvalue weighted by Gasteiger charge is 2.45. The molecule has 3 aromatic heterocycles. The number of anilines is 6. The number of hydrogen-bond acceptors (Lipinski definition) is 2. The van der Waals surface area contributed by atoms with Crippen LogP contribution in [0.15, 0.2) is 255 Å². The van der Waals surface area contributed by atoms with Crippen molar-refractivity contribution >= 4 is 123 Å². The van der Waals surface area contributed by atoms with E-state index in [-0.39, 0.29) is 50.0 Å². The van der Waals surface area contributed by atoms with Crippen molar-refractivity contribution in [1.82, 2.24) is 13.7 Å². The molecule has 0 saturated heterocycles. The van der Waals surface area contributed by atoms with Crippen molar-refractivity contribution in [2.45, 2.75) is 209 Å². The van der Waals surface area contributed by atoms with E-state index in [1.807, 2.05) is 0 Å². The van der Waals surface area contributed by atoms with Crippen LogP contribution in [0.3, 0.4) is 0 Å². The maximum Gasteiger partial charge on any atom is 0.252 e. The van der Waals surface area contributed by atoms with E-state index in [2.05, 4.69) is 444 Å². The lowest BCUT2D eigenvalue weighted by Gasteiger charge is -2.44. The molecule has 0 bridgehead atoms. The summed E-state index contributed by atoms with van der Waals surface area (Å²) in [6.07, 6.45) is 0. The van der Waals surface area contributed by atoms with E-state index in [1.54, 1.807) is 0 Å². The van der Waals surface area contributed by atoms with Crippen molar-refractivity contribution < 1.29 is 0 Å². The summed E-state index contributed by atoms with van der Waals surface area (Å²) in [4.78, 5) is 5.25. The van der Waals surface area contributed by atoms with Gasteiger partial charge in [0.15, 0.2) is 0 Å². The molecule has 5 heterocycles. The lowest BCUT2D eigenvalue weighted by atomic mass is 9.33. The molecule has 116 heavy (non-hydrogen) atoms. The van der Waals surface area contributed by atoms with Crippen LogP contribution in [-0.4, -0.2) is 20.4 Å². The number of nitrogens with zero attached hydrogens (tertiary/aromatic N) is 5. The predicted octanol–water partition coefficient (Wildman–Crippen LogP) is 28.8. The molecule has 2 aliphatic rings. The van der Waals surface area contributed by atoms with Gasteiger partial charge in [-0.05, 0) is 248 Å². The molecule has 18 rings (SSSR count). The van der Waals surface area contributed by atoms with Gasteiger partial charge in [-0.3, -0.25) is 0 Å². The summed E-state index contributed by atoms with van der Waals surface area (Å²) in [5, 5.41) is 7.49. The standard InChI is InChI=1S/C110H114BN5/c1-103(2,3)71-37-47-92-86(59-71)87-60-72(104(4,5)6)38-48-93(87)114(92)81-41-45-90-98(63-81)112(79-31-27-25-28-32-79)100-65-83(66-101-102(100)111(90)91-46-42-82(64-99(91)113(101)80-33-29-26-30-34-80)115-94-49-39-73(105(7,8)9)61-88(94)89-62-74(106(10,11)12)40-50-95(89)115)116-96-55-67(69-51-75(107(13,14)15)57-76(52-69)108(16,17)18)35-43-84(96)85-44-36-68(56-97(85)116)70-53-77(109(19,20)21)58-78(54-70)110(22,23)24/h25-66H,1-24H3. The van der Waals surface area contributed by atoms with E-state index in [0.29, 0.717) is 0 Å². The van der Waals surface area contributed by atoms with Crippen LogP contribution >= 0.6 is 0 Å². The Bertz CT molecular complexity index is 6100. The number of para-hydroxylation sites is 2. The minimum atomic E-state index is -0.207. The van der Waals surface area contributed by atoms with Crippen LogP contribution in [0.5, 0.6) is 0 Å². The molecule has 5 nitrogen and oxygen atoms in total. The van der Waals surface area contributed by atoms with E-state index >= 15 is 0 Å². The fraction of sp³-hybridized carbons (Fsp3) is 0.291. The largest absolute Gasteiger partial charge is 0.311 e. The molecule has 582 valence electrons. The summed E-state index contributed by atoms with van der Waals surface area (Å²) in [6, 6.07) is 101. The Morgan fingerprint density at radius 1 is 0.190 bits per heavy atom. The molecule has 16 aromatic rings. The van der Waals surface area contributed by atoms with Crippen molar-refractivity contribution in [3.63, 3.8) is 0 Å². The molecular formula is C110H114BN5. The highest BCUT2D eigenvalue weighted by molar-refractivity contribution is 7.00. The van der Waals surface area contributed by atoms with Gasteiger partial charge in [-0.15, -0.1) is 0 Å². The molecular weight excluding hydrogens is 1400 g/mol. The minimum Gasteiger partial charge on any atom is -0.311 e. The fourth-order valence-corrected chi connectivity index (χ4v) is 18.5. The van der Waals surface area contributed by atoms with Crippen LogP contribution < -0.4 is 26.2 Å². The summed E-state index contributed by atoms with van der Waals surface area (Å²) in [6.45, 7) is 56.1. The second-order valence-electron chi connectivity index (χ2n) is 42.2. The van der Waals surface area contributed by atoms with Gasteiger partial charge in [-0.25, -0.2) is 0 Å². The Hall–Kier alpha value is -11.1. The Labute approximate surface area is 689 Å². The van der Waals surface area contributed by atoms with Crippen LogP contribution in [0.4, 0.5) is 34.1 Å². The molecule has 0 aliphatic carbocycles. The SMILES string of the molecule is CC(C)(C)c1cc(-c2ccc3c4ccc(-c5cc(C(C)(C)C)cc(C(C)(C)C)c5)cc4n(-c4cc5c6c(c4)N(c4ccccc4)c4cc(-n7c8ccc(C(C)(C)C)cc8c8cc(C(C)(C)C)ccc87)ccc4B6c4ccc(-n6c7ccc(C(C)(C)C)cc7c7cc(C(C)(C)C)ccc76)cc4N5c4ccccc4)c3c2)cc(C(C)(C)C)c1. The lowest BCUT2D eigenvalue weighted by molar-refractivity contribution is 0.568. The molecule has 0 radical (unpaired) electrons. The predicted molar refractivity (Wildman–Crippen MR) is 504 cm³/mol. The van der Waals surface area contributed by atoms with Gasteiger partial charge >= 0.3 is 0 Å². The molecule has 6 heteroatoms. The average molecular weight is 1520 g/mol. The van der Waals surface area contributed by atoms with Crippen LogP contribution in [-0.2, 0) is 43.3 Å². The molecule has 0 N–H and O–H groups in total. The number of aromatic nitrogens is 3. The third-order valence-electron chi connectivity index (χ3n) is 25.6. The van der Waals surface area contributed by atoms with E-state index in [0.717, 1.165) is 62.2 Å². The smallest absolute Gasteiger partial charge is 0.252 e. The van der Waals surface area contributed by atoms with Crippen LogP contribution in [0.1, 0.15) is 211 Å². The molecule has 0 amide bonds. The lowest BCUT2D eigenvalue weighted by Crippen LogP contribution is -2.61. The second-order valence-corrected chi connectivity index (χ2v) is 42.2. The maximum atomic E-state index is 2.65. The normalized spacial score (nSPS) is 13.8. The van der Waals surface area contributed by atoms with E-state index in [4.69, 9.17) is 0 Å². The van der Waals surface area contributed by atoms with Crippen molar-refractivity contribution in [3.8, 4) is 39.3 Å². The first-order valence-electron chi connectivity index (χ1n) is 42.3. The fourth-order valence-electron chi connectivity index (χ4n) is 18.5. The molecule has 0 fully saturated rings. The first kappa shape index (κ1) is 76.2.